The molecule has 148 valence electrons. The van der Waals surface area contributed by atoms with Crippen molar-refractivity contribution in [2.75, 3.05) is 0 Å². The zero-order chi connectivity index (χ0) is 20.6. The van der Waals surface area contributed by atoms with Gasteiger partial charge in [-0.2, -0.15) is 0 Å². The van der Waals surface area contributed by atoms with E-state index in [0.29, 0.717) is 0 Å². The van der Waals surface area contributed by atoms with Crippen LogP contribution in [-0.4, -0.2) is 4.98 Å². The molecule has 0 spiro atoms. The summed E-state index contributed by atoms with van der Waals surface area (Å²) in [6.07, 6.45) is 6.34. The lowest BCUT2D eigenvalue weighted by Gasteiger charge is -2.43. The summed E-state index contributed by atoms with van der Waals surface area (Å²) in [4.78, 5) is 4.78. The maximum absolute atomic E-state index is 6.53. The van der Waals surface area contributed by atoms with E-state index in [1.165, 1.54) is 46.2 Å². The zero-order valence-corrected chi connectivity index (χ0v) is 18.3. The smallest absolute Gasteiger partial charge is 0.216 e. The van der Waals surface area contributed by atoms with Gasteiger partial charge in [-0.05, 0) is 65.5 Å². The number of aryl methyl sites for hydroxylation is 1. The molecule has 3 heterocycles. The van der Waals surface area contributed by atoms with Gasteiger partial charge in [0.1, 0.15) is 12.6 Å². The number of hydrogen-bond donors (Lipinski definition) is 0. The fourth-order valence-electron chi connectivity index (χ4n) is 5.43. The molecule has 0 bridgehead atoms. The van der Waals surface area contributed by atoms with Gasteiger partial charge in [0.05, 0.1) is 10.9 Å². The predicted molar refractivity (Wildman–Crippen MR) is 118 cm³/mol. The van der Waals surface area contributed by atoms with Gasteiger partial charge in [0.25, 0.3) is 0 Å². The van der Waals surface area contributed by atoms with Crippen LogP contribution in [0.15, 0.2) is 47.1 Å². The third-order valence-electron chi connectivity index (χ3n) is 6.96. The van der Waals surface area contributed by atoms with Crippen molar-refractivity contribution in [2.45, 2.75) is 58.3 Å². The maximum Gasteiger partial charge on any atom is 0.216 e. The second kappa shape index (κ2) is 5.91. The molecule has 29 heavy (non-hydrogen) atoms. The summed E-state index contributed by atoms with van der Waals surface area (Å²) in [5.74, 6) is 0. The molecule has 0 saturated heterocycles. The summed E-state index contributed by atoms with van der Waals surface area (Å²) in [6, 6.07) is 10.4. The molecule has 0 amide bonds. The fourth-order valence-corrected chi connectivity index (χ4v) is 5.43. The van der Waals surface area contributed by atoms with Gasteiger partial charge in [-0.15, -0.1) is 0 Å². The highest BCUT2D eigenvalue weighted by atomic mass is 16.3. The Labute approximate surface area is 172 Å². The number of hydrogen-bond acceptors (Lipinski definition) is 2. The summed E-state index contributed by atoms with van der Waals surface area (Å²) < 4.78 is 8.72. The maximum atomic E-state index is 6.53. The molecule has 3 aromatic heterocycles. The van der Waals surface area contributed by atoms with Crippen molar-refractivity contribution in [1.29, 1.82) is 0 Å². The van der Waals surface area contributed by atoms with E-state index in [1.54, 1.807) is 0 Å². The molecule has 5 rings (SSSR count). The van der Waals surface area contributed by atoms with Crippen molar-refractivity contribution in [3.05, 3.63) is 59.4 Å². The summed E-state index contributed by atoms with van der Waals surface area (Å²) in [5.41, 5.74) is 9.66. The molecule has 1 aromatic carbocycles. The monoisotopic (exact) mass is 385 g/mol. The highest BCUT2D eigenvalue weighted by Crippen LogP contribution is 2.53. The summed E-state index contributed by atoms with van der Waals surface area (Å²) >= 11 is 0. The molecular weight excluding hydrogens is 356 g/mol. The van der Waals surface area contributed by atoms with Crippen LogP contribution in [0.5, 0.6) is 0 Å². The topological polar surface area (TPSA) is 29.9 Å². The summed E-state index contributed by atoms with van der Waals surface area (Å²) in [6.45, 7) is 11.8. The van der Waals surface area contributed by atoms with E-state index in [-0.39, 0.29) is 10.8 Å². The summed E-state index contributed by atoms with van der Waals surface area (Å²) in [5, 5.41) is 1.21. The molecule has 1 aliphatic carbocycles. The highest BCUT2D eigenvalue weighted by Gasteiger charge is 2.42. The highest BCUT2D eigenvalue weighted by molar-refractivity contribution is 6.11. The van der Waals surface area contributed by atoms with Crippen LogP contribution in [0.3, 0.4) is 0 Å². The Bertz CT molecular complexity index is 1280. The van der Waals surface area contributed by atoms with Crippen LogP contribution in [0.4, 0.5) is 0 Å². The molecule has 0 saturated carbocycles. The minimum Gasteiger partial charge on any atom is -0.453 e. The number of benzene rings is 1. The van der Waals surface area contributed by atoms with Crippen LogP contribution in [-0.2, 0) is 17.9 Å². The van der Waals surface area contributed by atoms with Crippen LogP contribution < -0.4 is 4.57 Å². The Morgan fingerprint density at radius 1 is 0.966 bits per heavy atom. The van der Waals surface area contributed by atoms with Crippen molar-refractivity contribution in [2.24, 2.45) is 7.05 Å². The quantitative estimate of drug-likeness (QED) is 0.369. The van der Waals surface area contributed by atoms with Gasteiger partial charge in [-0.25, -0.2) is 4.57 Å². The van der Waals surface area contributed by atoms with Gasteiger partial charge in [0.2, 0.25) is 5.69 Å². The van der Waals surface area contributed by atoms with Gasteiger partial charge in [0, 0.05) is 18.3 Å². The number of fused-ring (bicyclic) bond motifs is 5. The van der Waals surface area contributed by atoms with E-state index >= 15 is 0 Å². The lowest BCUT2D eigenvalue weighted by molar-refractivity contribution is -0.660. The average molecular weight is 386 g/mol. The van der Waals surface area contributed by atoms with Crippen LogP contribution in [0.25, 0.3) is 33.3 Å². The van der Waals surface area contributed by atoms with E-state index in [9.17, 15) is 0 Å². The Morgan fingerprint density at radius 3 is 2.41 bits per heavy atom. The molecule has 0 N–H and O–H groups in total. The number of pyridine rings is 2. The minimum absolute atomic E-state index is 0.0829. The molecule has 0 radical (unpaired) electrons. The SMILES string of the molecule is Cc1c2c(c3c(oc4cccnc43)c1-c1cccc[n+]1C)C(C)(C)CCC2(C)C. The lowest BCUT2D eigenvalue weighted by Crippen LogP contribution is -2.36. The van der Waals surface area contributed by atoms with E-state index in [4.69, 9.17) is 9.40 Å². The Balaban J connectivity index is 2.09. The molecule has 4 aromatic rings. The molecule has 1 aliphatic rings. The van der Waals surface area contributed by atoms with Gasteiger partial charge < -0.3 is 4.42 Å². The van der Waals surface area contributed by atoms with Gasteiger partial charge in [-0.1, -0.05) is 27.7 Å². The van der Waals surface area contributed by atoms with E-state index < -0.39 is 0 Å². The standard InChI is InChI=1S/C26H29N2O/c1-16-19(17-10-7-8-15-28(17)6)24-20(23-18(29-24)11-9-14-27-23)22-21(16)25(2,3)12-13-26(22,4)5/h7-11,14-15H,12-13H2,1-6H3/q+1. The van der Waals surface area contributed by atoms with Crippen molar-refractivity contribution in [3.8, 4) is 11.3 Å². The second-order valence-electron chi connectivity index (χ2n) is 9.87. The lowest BCUT2D eigenvalue weighted by atomic mass is 9.60. The molecule has 0 atom stereocenters. The molecule has 3 heteroatoms. The van der Waals surface area contributed by atoms with Crippen LogP contribution >= 0.6 is 0 Å². The molecule has 3 nitrogen and oxygen atoms in total. The van der Waals surface area contributed by atoms with Crippen LogP contribution in [0, 0.1) is 6.92 Å². The molecular formula is C26H29N2O+. The molecule has 0 aliphatic heterocycles. The number of aromatic nitrogens is 2. The third-order valence-corrected chi connectivity index (χ3v) is 6.96. The second-order valence-corrected chi connectivity index (χ2v) is 9.87. The van der Waals surface area contributed by atoms with Gasteiger partial charge >= 0.3 is 0 Å². The molecule has 0 unspecified atom stereocenters. The first-order valence-electron chi connectivity index (χ1n) is 10.5. The normalized spacial score (nSPS) is 17.6. The Hall–Kier alpha value is -2.68. The third kappa shape index (κ3) is 2.49. The predicted octanol–water partition coefficient (Wildman–Crippen LogP) is 6.13. The minimum atomic E-state index is 0.0829. The molecule has 0 fully saturated rings. The van der Waals surface area contributed by atoms with Crippen LogP contribution in [0.2, 0.25) is 0 Å². The first kappa shape index (κ1) is 18.4. The van der Waals surface area contributed by atoms with Gasteiger partial charge in [-0.3, -0.25) is 4.98 Å². The summed E-state index contributed by atoms with van der Waals surface area (Å²) in [7, 11) is 2.11. The number of rotatable bonds is 1. The van der Waals surface area contributed by atoms with E-state index in [0.717, 1.165) is 16.7 Å². The van der Waals surface area contributed by atoms with Crippen molar-refractivity contribution in [3.63, 3.8) is 0 Å². The Kier molecular flexibility index (Phi) is 3.74. The van der Waals surface area contributed by atoms with Crippen molar-refractivity contribution in [1.82, 2.24) is 4.98 Å². The Morgan fingerprint density at radius 2 is 1.69 bits per heavy atom. The zero-order valence-electron chi connectivity index (χ0n) is 18.3. The van der Waals surface area contributed by atoms with Gasteiger partial charge in [0.15, 0.2) is 17.4 Å². The van der Waals surface area contributed by atoms with E-state index in [1.807, 2.05) is 18.3 Å². The number of furan rings is 1. The largest absolute Gasteiger partial charge is 0.453 e. The fraction of sp³-hybridized carbons (Fsp3) is 0.385. The van der Waals surface area contributed by atoms with Crippen molar-refractivity contribution >= 4 is 22.1 Å². The van der Waals surface area contributed by atoms with Crippen LogP contribution in [0.1, 0.15) is 57.2 Å². The number of nitrogens with zero attached hydrogens (tertiary/aromatic N) is 2. The first-order valence-corrected chi connectivity index (χ1v) is 10.5. The van der Waals surface area contributed by atoms with E-state index in [2.05, 4.69) is 70.6 Å². The first-order chi connectivity index (χ1) is 13.7. The average Bonchev–Trinajstić information content (AvgIpc) is 3.04. The van der Waals surface area contributed by atoms with Crippen molar-refractivity contribution < 1.29 is 8.98 Å².